The van der Waals surface area contributed by atoms with Crippen LogP contribution in [0, 0.1) is 5.92 Å². The highest BCUT2D eigenvalue weighted by molar-refractivity contribution is 7.89. The number of esters is 1. The quantitative estimate of drug-likeness (QED) is 0.738. The first-order valence-corrected chi connectivity index (χ1v) is 9.50. The van der Waals surface area contributed by atoms with Gasteiger partial charge in [-0.1, -0.05) is 13.0 Å². The summed E-state index contributed by atoms with van der Waals surface area (Å²) in [5, 5.41) is 0. The molecule has 1 aliphatic carbocycles. The molecule has 0 bridgehead atoms. The molecule has 1 heterocycles. The fourth-order valence-electron chi connectivity index (χ4n) is 2.78. The van der Waals surface area contributed by atoms with Crippen LogP contribution >= 0.6 is 0 Å². The molecule has 0 unspecified atom stereocenters. The number of hydrogen-bond acceptors (Lipinski definition) is 5. The van der Waals surface area contributed by atoms with Crippen LogP contribution in [0.25, 0.3) is 0 Å². The molecule has 6 nitrogen and oxygen atoms in total. The number of rotatable bonds is 6. The molecule has 2 aromatic rings. The van der Waals surface area contributed by atoms with Crippen molar-refractivity contribution in [2.45, 2.75) is 30.7 Å². The van der Waals surface area contributed by atoms with E-state index in [-0.39, 0.29) is 17.0 Å². The van der Waals surface area contributed by atoms with Gasteiger partial charge in [0.05, 0.1) is 24.1 Å². The lowest BCUT2D eigenvalue weighted by atomic mass is 10.2. The third-order valence-electron chi connectivity index (χ3n) is 4.50. The van der Waals surface area contributed by atoms with Crippen molar-refractivity contribution >= 4 is 16.0 Å². The smallest absolute Gasteiger partial charge is 0.337 e. The second-order valence-electron chi connectivity index (χ2n) is 6.40. The number of methoxy groups -OCH3 is 1. The van der Waals surface area contributed by atoms with Crippen molar-refractivity contribution in [1.29, 1.82) is 0 Å². The number of hydrogen-bond donors (Lipinski definition) is 0. The van der Waals surface area contributed by atoms with Crippen molar-refractivity contribution in [3.63, 3.8) is 0 Å². The molecule has 1 aromatic carbocycles. The standard InChI is InChI=1S/C18H21NO5S/c1-12-9-16(12)17-8-7-14(24-17)11-19(2)25(21,22)15-6-4-5-13(10-15)18(20)23-3/h4-8,10,12,16H,9,11H2,1-3H3/t12-,16+/m1/s1. The minimum Gasteiger partial charge on any atom is -0.465 e. The molecule has 0 amide bonds. The molecule has 7 heteroatoms. The van der Waals surface area contributed by atoms with E-state index in [2.05, 4.69) is 11.7 Å². The first-order valence-electron chi connectivity index (χ1n) is 8.06. The molecule has 3 rings (SSSR count). The number of benzene rings is 1. The van der Waals surface area contributed by atoms with E-state index in [0.29, 0.717) is 17.6 Å². The zero-order valence-electron chi connectivity index (χ0n) is 14.4. The summed E-state index contributed by atoms with van der Waals surface area (Å²) in [5.74, 6) is 2.02. The van der Waals surface area contributed by atoms with Gasteiger partial charge >= 0.3 is 5.97 Å². The largest absolute Gasteiger partial charge is 0.465 e. The van der Waals surface area contributed by atoms with Crippen molar-refractivity contribution in [3.05, 3.63) is 53.5 Å². The van der Waals surface area contributed by atoms with Gasteiger partial charge in [-0.3, -0.25) is 0 Å². The van der Waals surface area contributed by atoms with Gasteiger partial charge in [0.25, 0.3) is 0 Å². The maximum atomic E-state index is 12.7. The SMILES string of the molecule is COC(=O)c1cccc(S(=O)(=O)N(C)Cc2ccc([C@H]3C[C@H]3C)o2)c1. The topological polar surface area (TPSA) is 76.8 Å². The molecule has 1 aliphatic rings. The van der Waals surface area contributed by atoms with Crippen LogP contribution < -0.4 is 0 Å². The molecule has 0 aliphatic heterocycles. The van der Waals surface area contributed by atoms with E-state index in [1.807, 2.05) is 12.1 Å². The molecule has 0 radical (unpaired) electrons. The van der Waals surface area contributed by atoms with E-state index >= 15 is 0 Å². The van der Waals surface area contributed by atoms with E-state index in [1.54, 1.807) is 0 Å². The molecule has 25 heavy (non-hydrogen) atoms. The van der Waals surface area contributed by atoms with E-state index in [4.69, 9.17) is 4.42 Å². The predicted molar refractivity (Wildman–Crippen MR) is 91.7 cm³/mol. The summed E-state index contributed by atoms with van der Waals surface area (Å²) in [5.41, 5.74) is 0.194. The average Bonchev–Trinajstić information content (AvgIpc) is 3.15. The van der Waals surface area contributed by atoms with Crippen LogP contribution in [-0.4, -0.2) is 32.8 Å². The number of carbonyl (C=O) groups is 1. The van der Waals surface area contributed by atoms with Gasteiger partial charge in [0.15, 0.2) is 0 Å². The van der Waals surface area contributed by atoms with Gasteiger partial charge in [-0.2, -0.15) is 4.31 Å². The lowest BCUT2D eigenvalue weighted by Crippen LogP contribution is -2.26. The first-order chi connectivity index (χ1) is 11.8. The van der Waals surface area contributed by atoms with E-state index in [0.717, 1.165) is 12.2 Å². The summed E-state index contributed by atoms with van der Waals surface area (Å²) in [6.45, 7) is 2.30. The van der Waals surface area contributed by atoms with Gasteiger partial charge in [-0.05, 0) is 42.7 Å². The summed E-state index contributed by atoms with van der Waals surface area (Å²) in [7, 11) is -0.999. The molecule has 2 atom stereocenters. The Morgan fingerprint density at radius 1 is 1.32 bits per heavy atom. The van der Waals surface area contributed by atoms with Crippen molar-refractivity contribution in [2.75, 3.05) is 14.2 Å². The van der Waals surface area contributed by atoms with E-state index in [1.165, 1.54) is 42.7 Å². The second-order valence-corrected chi connectivity index (χ2v) is 8.45. The van der Waals surface area contributed by atoms with Gasteiger partial charge in [-0.15, -0.1) is 0 Å². The molecule has 134 valence electrons. The Bertz CT molecular complexity index is 886. The summed E-state index contributed by atoms with van der Waals surface area (Å²) >= 11 is 0. The second kappa shape index (κ2) is 6.65. The van der Waals surface area contributed by atoms with Crippen molar-refractivity contribution in [2.24, 2.45) is 5.92 Å². The summed E-state index contributed by atoms with van der Waals surface area (Å²) in [6, 6.07) is 9.54. The Kier molecular flexibility index (Phi) is 4.71. The fourth-order valence-corrected chi connectivity index (χ4v) is 3.97. The van der Waals surface area contributed by atoms with Gasteiger partial charge in [0.1, 0.15) is 11.5 Å². The Morgan fingerprint density at radius 3 is 2.68 bits per heavy atom. The molecule has 0 spiro atoms. The highest BCUT2D eigenvalue weighted by atomic mass is 32.2. The lowest BCUT2D eigenvalue weighted by Gasteiger charge is -2.16. The Balaban J connectivity index is 1.77. The molecule has 1 fully saturated rings. The number of furan rings is 1. The fraction of sp³-hybridized carbons (Fsp3) is 0.389. The molecular formula is C18H21NO5S. The van der Waals surface area contributed by atoms with E-state index < -0.39 is 16.0 Å². The van der Waals surface area contributed by atoms with Crippen molar-refractivity contribution in [1.82, 2.24) is 4.31 Å². The van der Waals surface area contributed by atoms with Crippen LogP contribution in [-0.2, 0) is 21.3 Å². The predicted octanol–water partition coefficient (Wildman–Crippen LogP) is 3.01. The van der Waals surface area contributed by atoms with Crippen LogP contribution in [0.3, 0.4) is 0 Å². The maximum Gasteiger partial charge on any atom is 0.337 e. The lowest BCUT2D eigenvalue weighted by molar-refractivity contribution is 0.0600. The van der Waals surface area contributed by atoms with E-state index in [9.17, 15) is 13.2 Å². The zero-order chi connectivity index (χ0) is 18.2. The number of ether oxygens (including phenoxy) is 1. The monoisotopic (exact) mass is 363 g/mol. The van der Waals surface area contributed by atoms with Gasteiger partial charge < -0.3 is 9.15 Å². The van der Waals surface area contributed by atoms with Crippen LogP contribution in [0.2, 0.25) is 0 Å². The normalized spacial score (nSPS) is 19.8. The van der Waals surface area contributed by atoms with Crippen LogP contribution in [0.15, 0.2) is 45.7 Å². The Morgan fingerprint density at radius 2 is 2.04 bits per heavy atom. The summed E-state index contributed by atoms with van der Waals surface area (Å²) < 4.78 is 37.1. The van der Waals surface area contributed by atoms with Crippen molar-refractivity contribution < 1.29 is 22.4 Å². The summed E-state index contributed by atoms with van der Waals surface area (Å²) in [6.07, 6.45) is 1.11. The van der Waals surface area contributed by atoms with Gasteiger partial charge in [-0.25, -0.2) is 13.2 Å². The average molecular weight is 363 g/mol. The molecule has 1 aromatic heterocycles. The van der Waals surface area contributed by atoms with Crippen molar-refractivity contribution in [3.8, 4) is 0 Å². The Labute approximate surface area is 147 Å². The van der Waals surface area contributed by atoms with Crippen LogP contribution in [0.4, 0.5) is 0 Å². The van der Waals surface area contributed by atoms with Gasteiger partial charge in [0, 0.05) is 13.0 Å². The number of nitrogens with zero attached hydrogens (tertiary/aromatic N) is 1. The highest BCUT2D eigenvalue weighted by Crippen LogP contribution is 2.47. The Hall–Kier alpha value is -2.12. The maximum absolute atomic E-state index is 12.7. The van der Waals surface area contributed by atoms with Crippen LogP contribution in [0.1, 0.15) is 41.1 Å². The van der Waals surface area contributed by atoms with Crippen LogP contribution in [0.5, 0.6) is 0 Å². The minimum absolute atomic E-state index is 0.0421. The third kappa shape index (κ3) is 3.62. The highest BCUT2D eigenvalue weighted by Gasteiger charge is 2.36. The molecular weight excluding hydrogens is 342 g/mol. The van der Waals surface area contributed by atoms with Gasteiger partial charge in [0.2, 0.25) is 10.0 Å². The molecule has 1 saturated carbocycles. The third-order valence-corrected chi connectivity index (χ3v) is 6.30. The summed E-state index contributed by atoms with van der Waals surface area (Å²) in [4.78, 5) is 11.6. The number of carbonyl (C=O) groups excluding carboxylic acids is 1. The minimum atomic E-state index is -3.74. The molecule has 0 N–H and O–H groups in total. The first kappa shape index (κ1) is 17.7. The number of sulfonamides is 1. The molecule has 0 saturated heterocycles. The zero-order valence-corrected chi connectivity index (χ0v) is 15.2.